The molecule has 0 unspecified atom stereocenters. The maximum absolute atomic E-state index is 11.9. The summed E-state index contributed by atoms with van der Waals surface area (Å²) in [5.74, 6) is -0.220. The Hall–Kier alpha value is -2.24. The van der Waals surface area contributed by atoms with Gasteiger partial charge in [-0.2, -0.15) is 0 Å². The van der Waals surface area contributed by atoms with E-state index in [2.05, 4.69) is 0 Å². The first kappa shape index (κ1) is 15.8. The van der Waals surface area contributed by atoms with Crippen molar-refractivity contribution in [2.24, 2.45) is 5.73 Å². The molecule has 0 saturated carbocycles. The van der Waals surface area contributed by atoms with E-state index in [1.165, 1.54) is 13.2 Å². The molecule has 0 fully saturated rings. The monoisotopic (exact) mass is 280 g/mol. The van der Waals surface area contributed by atoms with Crippen molar-refractivity contribution >= 4 is 11.8 Å². The lowest BCUT2D eigenvalue weighted by Gasteiger charge is -2.19. The van der Waals surface area contributed by atoms with E-state index in [-0.39, 0.29) is 23.8 Å². The molecule has 0 aliphatic heterocycles. The lowest BCUT2D eigenvalue weighted by atomic mass is 10.2. The number of likely N-dealkylation sites (N-methyl/N-ethyl adjacent to an activating group) is 1. The normalized spacial score (nSPS) is 9.95. The van der Waals surface area contributed by atoms with Crippen LogP contribution in [0.25, 0.3) is 0 Å². The number of amides is 2. The molecule has 1 aromatic rings. The first-order valence-electron chi connectivity index (χ1n) is 6.42. The lowest BCUT2D eigenvalue weighted by Crippen LogP contribution is -2.34. The molecule has 6 nitrogen and oxygen atoms in total. The average molecular weight is 280 g/mol. The summed E-state index contributed by atoms with van der Waals surface area (Å²) in [5.41, 5.74) is 5.48. The van der Waals surface area contributed by atoms with E-state index in [1.807, 2.05) is 13.8 Å². The second kappa shape index (κ2) is 7.37. The molecule has 0 saturated heterocycles. The highest BCUT2D eigenvalue weighted by molar-refractivity contribution is 5.96. The van der Waals surface area contributed by atoms with E-state index in [4.69, 9.17) is 15.2 Å². The van der Waals surface area contributed by atoms with Crippen molar-refractivity contribution in [3.05, 3.63) is 23.8 Å². The van der Waals surface area contributed by atoms with Gasteiger partial charge in [-0.1, -0.05) is 6.07 Å². The van der Waals surface area contributed by atoms with Crippen molar-refractivity contribution in [2.75, 3.05) is 26.8 Å². The quantitative estimate of drug-likeness (QED) is 0.809. The van der Waals surface area contributed by atoms with Crippen molar-refractivity contribution in [1.29, 1.82) is 0 Å². The maximum atomic E-state index is 11.9. The Kier molecular flexibility index (Phi) is 5.83. The van der Waals surface area contributed by atoms with Crippen molar-refractivity contribution in [3.8, 4) is 11.5 Å². The summed E-state index contributed by atoms with van der Waals surface area (Å²) in [5, 5.41) is 0. The molecule has 20 heavy (non-hydrogen) atoms. The third-order valence-electron chi connectivity index (χ3n) is 2.92. The molecule has 1 rings (SSSR count). The van der Waals surface area contributed by atoms with E-state index in [0.29, 0.717) is 18.8 Å². The van der Waals surface area contributed by atoms with E-state index < -0.39 is 5.91 Å². The number of methoxy groups -OCH3 is 1. The van der Waals surface area contributed by atoms with Crippen molar-refractivity contribution in [3.63, 3.8) is 0 Å². The minimum atomic E-state index is -0.630. The molecule has 0 radical (unpaired) electrons. The van der Waals surface area contributed by atoms with Gasteiger partial charge in [-0.3, -0.25) is 9.59 Å². The van der Waals surface area contributed by atoms with Gasteiger partial charge in [0.2, 0.25) is 0 Å². The molecular formula is C14H20N2O4. The van der Waals surface area contributed by atoms with Gasteiger partial charge in [0.15, 0.2) is 18.1 Å². The number of ether oxygens (including phenoxy) is 2. The molecule has 0 aliphatic rings. The van der Waals surface area contributed by atoms with Crippen LogP contribution in [0.15, 0.2) is 18.2 Å². The van der Waals surface area contributed by atoms with E-state index in [9.17, 15) is 9.59 Å². The zero-order valence-corrected chi connectivity index (χ0v) is 12.0. The highest BCUT2D eigenvalue weighted by Gasteiger charge is 2.17. The number of benzene rings is 1. The number of carbonyl (C=O) groups is 2. The summed E-state index contributed by atoms with van der Waals surface area (Å²) in [6.45, 7) is 4.82. The van der Waals surface area contributed by atoms with E-state index >= 15 is 0 Å². The van der Waals surface area contributed by atoms with Crippen LogP contribution in [0, 0.1) is 0 Å². The van der Waals surface area contributed by atoms with Gasteiger partial charge < -0.3 is 20.1 Å². The first-order valence-corrected chi connectivity index (χ1v) is 6.42. The van der Waals surface area contributed by atoms with Crippen LogP contribution in [-0.4, -0.2) is 43.5 Å². The first-order chi connectivity index (χ1) is 9.54. The van der Waals surface area contributed by atoms with E-state index in [1.54, 1.807) is 17.0 Å². The number of hydrogen-bond donors (Lipinski definition) is 1. The largest absolute Gasteiger partial charge is 0.493 e. The summed E-state index contributed by atoms with van der Waals surface area (Å²) >= 11 is 0. The fourth-order valence-electron chi connectivity index (χ4n) is 1.82. The van der Waals surface area contributed by atoms with Crippen molar-refractivity contribution < 1.29 is 19.1 Å². The van der Waals surface area contributed by atoms with Crippen LogP contribution in [0.5, 0.6) is 11.5 Å². The molecule has 0 spiro atoms. The number of primary amides is 1. The van der Waals surface area contributed by atoms with Gasteiger partial charge in [0.25, 0.3) is 11.8 Å². The Balaban J connectivity index is 2.91. The van der Waals surface area contributed by atoms with Crippen LogP contribution in [0.1, 0.15) is 24.2 Å². The van der Waals surface area contributed by atoms with Crippen LogP contribution in [0.3, 0.4) is 0 Å². The number of nitrogens with two attached hydrogens (primary N) is 1. The van der Waals surface area contributed by atoms with E-state index in [0.717, 1.165) is 0 Å². The fourth-order valence-corrected chi connectivity index (χ4v) is 1.82. The Bertz CT molecular complexity index is 484. The van der Waals surface area contributed by atoms with Crippen LogP contribution < -0.4 is 15.2 Å². The van der Waals surface area contributed by atoms with Gasteiger partial charge in [0.1, 0.15) is 0 Å². The standard InChI is InChI=1S/C14H20N2O4/c1-4-16(5-2)12(17)9-20-13-10(14(15)18)7-6-8-11(13)19-3/h6-8H,4-5,9H2,1-3H3,(H2,15,18). The molecule has 0 aliphatic carbocycles. The van der Waals surface area contributed by atoms with Gasteiger partial charge in [-0.25, -0.2) is 0 Å². The summed E-state index contributed by atoms with van der Waals surface area (Å²) in [4.78, 5) is 24.9. The Labute approximate surface area is 118 Å². The molecule has 2 amide bonds. The molecule has 110 valence electrons. The minimum absolute atomic E-state index is 0.156. The van der Waals surface area contributed by atoms with Gasteiger partial charge in [-0.05, 0) is 26.0 Å². The fraction of sp³-hybridized carbons (Fsp3) is 0.429. The van der Waals surface area contributed by atoms with Crippen molar-refractivity contribution in [1.82, 2.24) is 4.90 Å². The molecule has 0 atom stereocenters. The summed E-state index contributed by atoms with van der Waals surface area (Å²) < 4.78 is 10.6. The second-order valence-corrected chi connectivity index (χ2v) is 4.06. The summed E-state index contributed by atoms with van der Waals surface area (Å²) in [7, 11) is 1.46. The highest BCUT2D eigenvalue weighted by atomic mass is 16.5. The smallest absolute Gasteiger partial charge is 0.260 e. The SMILES string of the molecule is CCN(CC)C(=O)COc1c(OC)cccc1C(N)=O. The predicted octanol–water partition coefficient (Wildman–Crippen LogP) is 1.04. The van der Waals surface area contributed by atoms with Gasteiger partial charge in [-0.15, -0.1) is 0 Å². The molecule has 6 heteroatoms. The second-order valence-electron chi connectivity index (χ2n) is 4.06. The lowest BCUT2D eigenvalue weighted by molar-refractivity contribution is -0.133. The van der Waals surface area contributed by atoms with Gasteiger partial charge in [0, 0.05) is 13.1 Å². The summed E-state index contributed by atoms with van der Waals surface area (Å²) in [6.07, 6.45) is 0. The molecule has 2 N–H and O–H groups in total. The van der Waals surface area contributed by atoms with Gasteiger partial charge >= 0.3 is 0 Å². The molecule has 0 bridgehead atoms. The third kappa shape index (κ3) is 3.63. The van der Waals surface area contributed by atoms with Crippen LogP contribution in [0.4, 0.5) is 0 Å². The number of rotatable bonds is 7. The van der Waals surface area contributed by atoms with Gasteiger partial charge in [0.05, 0.1) is 12.7 Å². The number of nitrogens with zero attached hydrogens (tertiary/aromatic N) is 1. The molecular weight excluding hydrogens is 260 g/mol. The van der Waals surface area contributed by atoms with Crippen LogP contribution >= 0.6 is 0 Å². The third-order valence-corrected chi connectivity index (χ3v) is 2.92. The van der Waals surface area contributed by atoms with Crippen LogP contribution in [0.2, 0.25) is 0 Å². The zero-order valence-electron chi connectivity index (χ0n) is 12.0. The van der Waals surface area contributed by atoms with Crippen molar-refractivity contribution in [2.45, 2.75) is 13.8 Å². The Morgan fingerprint density at radius 3 is 2.40 bits per heavy atom. The molecule has 1 aromatic carbocycles. The Morgan fingerprint density at radius 2 is 1.90 bits per heavy atom. The number of hydrogen-bond acceptors (Lipinski definition) is 4. The van der Waals surface area contributed by atoms with Crippen LogP contribution in [-0.2, 0) is 4.79 Å². The maximum Gasteiger partial charge on any atom is 0.260 e. The highest BCUT2D eigenvalue weighted by Crippen LogP contribution is 2.30. The minimum Gasteiger partial charge on any atom is -0.493 e. The Morgan fingerprint density at radius 1 is 1.25 bits per heavy atom. The number of carbonyl (C=O) groups excluding carboxylic acids is 2. The topological polar surface area (TPSA) is 81.9 Å². The molecule has 0 aromatic heterocycles. The predicted molar refractivity (Wildman–Crippen MR) is 74.9 cm³/mol. The molecule has 0 heterocycles. The number of para-hydroxylation sites is 1. The zero-order chi connectivity index (χ0) is 15.1. The average Bonchev–Trinajstić information content (AvgIpc) is 2.45. The summed E-state index contributed by atoms with van der Waals surface area (Å²) in [6, 6.07) is 4.81.